The molecule has 1 aromatic rings. The van der Waals surface area contributed by atoms with Gasteiger partial charge in [0.2, 0.25) is 6.29 Å². The lowest BCUT2D eigenvalue weighted by Crippen LogP contribution is -2.07. The molecule has 2 atom stereocenters. The maximum Gasteiger partial charge on any atom is 0.305 e. The Morgan fingerprint density at radius 2 is 1.56 bits per heavy atom. The number of rotatable bonds is 1. The third-order valence-electron chi connectivity index (χ3n) is 2.58. The van der Waals surface area contributed by atoms with Crippen molar-refractivity contribution in [3.63, 3.8) is 0 Å². The lowest BCUT2D eigenvalue weighted by molar-refractivity contribution is -0.181. The summed E-state index contributed by atoms with van der Waals surface area (Å²) in [6.07, 6.45) is -1.30. The van der Waals surface area contributed by atoms with E-state index >= 15 is 0 Å². The van der Waals surface area contributed by atoms with E-state index in [1.54, 1.807) is 6.92 Å². The number of halogens is 4. The maximum atomic E-state index is 11.0. The first-order chi connectivity index (χ1) is 8.34. The molecule has 0 aromatic heterocycles. The summed E-state index contributed by atoms with van der Waals surface area (Å²) >= 11 is 24.2. The molecule has 0 aliphatic carbocycles. The van der Waals surface area contributed by atoms with Gasteiger partial charge >= 0.3 is 5.97 Å². The quantitative estimate of drug-likeness (QED) is 0.415. The van der Waals surface area contributed by atoms with E-state index in [-0.39, 0.29) is 26.2 Å². The SMILES string of the molecule is CC(=O)OC1OC(C)c2c(Cl)c(Cl)c(Cl)c(Cl)c21. The maximum absolute atomic E-state index is 11.0. The fourth-order valence-electron chi connectivity index (χ4n) is 1.85. The second-order valence-electron chi connectivity index (χ2n) is 3.80. The summed E-state index contributed by atoms with van der Waals surface area (Å²) in [5.74, 6) is -0.488. The van der Waals surface area contributed by atoms with Crippen LogP contribution in [-0.4, -0.2) is 5.97 Å². The van der Waals surface area contributed by atoms with Gasteiger partial charge in [0.1, 0.15) is 0 Å². The smallest absolute Gasteiger partial charge is 0.305 e. The second kappa shape index (κ2) is 5.06. The van der Waals surface area contributed by atoms with Crippen LogP contribution in [0.5, 0.6) is 0 Å². The molecule has 0 bridgehead atoms. The highest BCUT2D eigenvalue weighted by molar-refractivity contribution is 6.52. The van der Waals surface area contributed by atoms with Gasteiger partial charge in [-0.2, -0.15) is 0 Å². The van der Waals surface area contributed by atoms with Crippen LogP contribution < -0.4 is 0 Å². The average Bonchev–Trinajstić information content (AvgIpc) is 2.59. The molecule has 1 heterocycles. The third kappa shape index (κ3) is 2.19. The Balaban J connectivity index is 2.63. The van der Waals surface area contributed by atoms with E-state index < -0.39 is 12.3 Å². The molecular formula is C11H8Cl4O3. The lowest BCUT2D eigenvalue weighted by atomic mass is 10.1. The van der Waals surface area contributed by atoms with Crippen molar-refractivity contribution in [1.29, 1.82) is 0 Å². The first-order valence-corrected chi connectivity index (χ1v) is 6.54. The number of carbonyl (C=O) groups excluding carboxylic acids is 1. The Kier molecular flexibility index (Phi) is 4.00. The van der Waals surface area contributed by atoms with Crippen molar-refractivity contribution < 1.29 is 14.3 Å². The molecule has 0 N–H and O–H groups in total. The standard InChI is InChI=1S/C11H8Cl4O3/c1-3-5-6(11(17-3)18-4(2)16)8(13)10(15)9(14)7(5)12/h3,11H,1-2H3. The van der Waals surface area contributed by atoms with Crippen LogP contribution in [0.3, 0.4) is 0 Å². The van der Waals surface area contributed by atoms with Gasteiger partial charge in [0.05, 0.1) is 26.2 Å². The van der Waals surface area contributed by atoms with Gasteiger partial charge in [-0.25, -0.2) is 0 Å². The molecule has 0 spiro atoms. The van der Waals surface area contributed by atoms with Crippen molar-refractivity contribution in [2.24, 2.45) is 0 Å². The molecule has 1 aliphatic rings. The minimum absolute atomic E-state index is 0.122. The Morgan fingerprint density at radius 1 is 1.06 bits per heavy atom. The van der Waals surface area contributed by atoms with Gasteiger partial charge < -0.3 is 9.47 Å². The van der Waals surface area contributed by atoms with Crippen LogP contribution in [0.1, 0.15) is 37.4 Å². The van der Waals surface area contributed by atoms with E-state index in [9.17, 15) is 4.79 Å². The molecule has 3 nitrogen and oxygen atoms in total. The van der Waals surface area contributed by atoms with Gasteiger partial charge in [-0.15, -0.1) is 0 Å². The van der Waals surface area contributed by atoms with E-state index in [0.717, 1.165) is 0 Å². The van der Waals surface area contributed by atoms with Gasteiger partial charge in [-0.3, -0.25) is 4.79 Å². The normalized spacial score (nSPS) is 21.9. The molecule has 98 valence electrons. The molecule has 2 rings (SSSR count). The van der Waals surface area contributed by atoms with Crippen LogP contribution in [0, 0.1) is 0 Å². The van der Waals surface area contributed by atoms with E-state index in [1.165, 1.54) is 6.92 Å². The fraction of sp³-hybridized carbons (Fsp3) is 0.364. The van der Waals surface area contributed by atoms with Crippen molar-refractivity contribution in [3.8, 4) is 0 Å². The molecule has 1 aromatic carbocycles. The summed E-state index contributed by atoms with van der Waals surface area (Å²) in [6, 6.07) is 0. The monoisotopic (exact) mass is 328 g/mol. The Morgan fingerprint density at radius 3 is 2.06 bits per heavy atom. The summed E-state index contributed by atoms with van der Waals surface area (Å²) in [4.78, 5) is 11.0. The van der Waals surface area contributed by atoms with Gasteiger partial charge in [-0.1, -0.05) is 46.4 Å². The number of hydrogen-bond donors (Lipinski definition) is 0. The average molecular weight is 330 g/mol. The first-order valence-electron chi connectivity index (χ1n) is 5.03. The van der Waals surface area contributed by atoms with Crippen LogP contribution in [-0.2, 0) is 14.3 Å². The van der Waals surface area contributed by atoms with Gasteiger partial charge in [0.15, 0.2) is 0 Å². The largest absolute Gasteiger partial charge is 0.431 e. The minimum atomic E-state index is -0.910. The van der Waals surface area contributed by atoms with Crippen LogP contribution in [0.2, 0.25) is 20.1 Å². The van der Waals surface area contributed by atoms with Crippen LogP contribution in [0.4, 0.5) is 0 Å². The number of fused-ring (bicyclic) bond motifs is 1. The highest BCUT2D eigenvalue weighted by atomic mass is 35.5. The van der Waals surface area contributed by atoms with Crippen LogP contribution in [0.15, 0.2) is 0 Å². The molecule has 0 radical (unpaired) electrons. The molecule has 2 unspecified atom stereocenters. The van der Waals surface area contributed by atoms with Crippen LogP contribution in [0.25, 0.3) is 0 Å². The van der Waals surface area contributed by atoms with E-state index in [1.807, 2.05) is 0 Å². The third-order valence-corrected chi connectivity index (χ3v) is 4.42. The van der Waals surface area contributed by atoms with Crippen molar-refractivity contribution >= 4 is 52.4 Å². The van der Waals surface area contributed by atoms with E-state index in [4.69, 9.17) is 55.9 Å². The van der Waals surface area contributed by atoms with E-state index in [2.05, 4.69) is 0 Å². The highest BCUT2D eigenvalue weighted by Crippen LogP contribution is 2.52. The summed E-state index contributed by atoms with van der Waals surface area (Å²) in [5.41, 5.74) is 1.06. The second-order valence-corrected chi connectivity index (χ2v) is 5.31. The number of ether oxygens (including phenoxy) is 2. The first kappa shape index (κ1) is 14.2. The Hall–Kier alpha value is -0.190. The van der Waals surface area contributed by atoms with Crippen molar-refractivity contribution in [3.05, 3.63) is 31.2 Å². The zero-order valence-electron chi connectivity index (χ0n) is 9.39. The zero-order chi connectivity index (χ0) is 13.6. The summed E-state index contributed by atoms with van der Waals surface area (Å²) in [5, 5.41) is 0.748. The topological polar surface area (TPSA) is 35.5 Å². The number of carbonyl (C=O) groups is 1. The van der Waals surface area contributed by atoms with Gasteiger partial charge in [0.25, 0.3) is 0 Å². The van der Waals surface area contributed by atoms with E-state index in [0.29, 0.717) is 11.1 Å². The van der Waals surface area contributed by atoms with Crippen molar-refractivity contribution in [1.82, 2.24) is 0 Å². The molecule has 0 saturated heterocycles. The van der Waals surface area contributed by atoms with Crippen LogP contribution >= 0.6 is 46.4 Å². The van der Waals surface area contributed by atoms with Crippen molar-refractivity contribution in [2.75, 3.05) is 0 Å². The Labute approximate surface area is 124 Å². The fourth-order valence-corrected chi connectivity index (χ4v) is 2.98. The number of esters is 1. The highest BCUT2D eigenvalue weighted by Gasteiger charge is 2.38. The molecule has 18 heavy (non-hydrogen) atoms. The Bertz CT molecular complexity index is 530. The van der Waals surface area contributed by atoms with Gasteiger partial charge in [0, 0.05) is 18.1 Å². The molecule has 0 fully saturated rings. The molecular weight excluding hydrogens is 322 g/mol. The zero-order valence-corrected chi connectivity index (χ0v) is 12.4. The van der Waals surface area contributed by atoms with Crippen molar-refractivity contribution in [2.45, 2.75) is 26.2 Å². The number of benzene rings is 1. The summed E-state index contributed by atoms with van der Waals surface area (Å²) < 4.78 is 10.5. The predicted octanol–water partition coefficient (Wildman–Crippen LogP) is 4.95. The van der Waals surface area contributed by atoms with Gasteiger partial charge in [-0.05, 0) is 6.92 Å². The lowest BCUT2D eigenvalue weighted by Gasteiger charge is -2.14. The number of hydrogen-bond acceptors (Lipinski definition) is 3. The summed E-state index contributed by atoms with van der Waals surface area (Å²) in [6.45, 7) is 3.04. The predicted molar refractivity (Wildman–Crippen MR) is 70.5 cm³/mol. The molecule has 0 amide bonds. The molecule has 7 heteroatoms. The minimum Gasteiger partial charge on any atom is -0.431 e. The molecule has 1 aliphatic heterocycles. The molecule has 0 saturated carbocycles. The summed E-state index contributed by atoms with van der Waals surface area (Å²) in [7, 11) is 0.